The maximum atomic E-state index is 12.1. The molecule has 6 heteroatoms. The van der Waals surface area contributed by atoms with Crippen molar-refractivity contribution in [3.05, 3.63) is 35.4 Å². The summed E-state index contributed by atoms with van der Waals surface area (Å²) < 4.78 is 4.48. The molecule has 1 saturated heterocycles. The van der Waals surface area contributed by atoms with E-state index in [1.54, 1.807) is 12.1 Å². The van der Waals surface area contributed by atoms with E-state index in [4.69, 9.17) is 0 Å². The normalized spacial score (nSPS) is 20.7. The third-order valence-electron chi connectivity index (χ3n) is 3.25. The zero-order valence-electron chi connectivity index (χ0n) is 11.8. The Labute approximate surface area is 121 Å². The highest BCUT2D eigenvalue weighted by Crippen LogP contribution is 2.27. The number of amides is 2. The third kappa shape index (κ3) is 2.44. The van der Waals surface area contributed by atoms with Crippen LogP contribution in [0.25, 0.3) is 0 Å². The first-order chi connectivity index (χ1) is 10.1. The number of hydrogen-bond acceptors (Lipinski definition) is 5. The van der Waals surface area contributed by atoms with Gasteiger partial charge in [-0.05, 0) is 18.6 Å². The van der Waals surface area contributed by atoms with Gasteiger partial charge in [0.2, 0.25) is 0 Å². The lowest BCUT2D eigenvalue weighted by Crippen LogP contribution is -2.48. The van der Waals surface area contributed by atoms with Crippen LogP contribution in [0.3, 0.4) is 0 Å². The van der Waals surface area contributed by atoms with Crippen molar-refractivity contribution in [2.75, 3.05) is 0 Å². The molecule has 2 aliphatic heterocycles. The second-order valence-corrected chi connectivity index (χ2v) is 4.37. The largest absolute Gasteiger partial charge is 0.392 e. The molecule has 0 spiro atoms. The van der Waals surface area contributed by atoms with E-state index in [0.717, 1.165) is 4.90 Å². The highest BCUT2D eigenvalue weighted by atomic mass is 16.6. The van der Waals surface area contributed by atoms with Gasteiger partial charge in [-0.1, -0.05) is 26.0 Å². The predicted octanol–water partition coefficient (Wildman–Crippen LogP) is 1.54. The minimum Gasteiger partial charge on any atom is -0.392 e. The summed E-state index contributed by atoms with van der Waals surface area (Å²) in [5, 5.41) is 0. The molecule has 0 N–H and O–H groups in total. The summed E-state index contributed by atoms with van der Waals surface area (Å²) in [7, 11) is 0. The van der Waals surface area contributed by atoms with Crippen molar-refractivity contribution in [2.24, 2.45) is 0 Å². The molecule has 3 rings (SSSR count). The molecule has 0 saturated carbocycles. The Bertz CT molecular complexity index is 587. The van der Waals surface area contributed by atoms with Gasteiger partial charge in [0, 0.05) is 6.42 Å². The Hall–Kier alpha value is -2.50. The molecule has 2 amide bonds. The summed E-state index contributed by atoms with van der Waals surface area (Å²) in [6.45, 7) is 4.00. The van der Waals surface area contributed by atoms with Crippen LogP contribution in [0.5, 0.6) is 0 Å². The fourth-order valence-electron chi connectivity index (χ4n) is 2.33. The minimum absolute atomic E-state index is 0.0177. The number of carbonyl (C=O) groups excluding carboxylic acids is 4. The zero-order valence-corrected chi connectivity index (χ0v) is 11.8. The molecule has 0 bridgehead atoms. The number of hydrogen-bond donors (Lipinski definition) is 0. The van der Waals surface area contributed by atoms with E-state index < -0.39 is 29.8 Å². The predicted molar refractivity (Wildman–Crippen MR) is 72.4 cm³/mol. The Morgan fingerprint density at radius 2 is 1.52 bits per heavy atom. The Morgan fingerprint density at radius 1 is 1.00 bits per heavy atom. The van der Waals surface area contributed by atoms with Crippen LogP contribution in [0.1, 0.15) is 47.4 Å². The van der Waals surface area contributed by atoms with E-state index in [1.165, 1.54) is 12.1 Å². The fourth-order valence-corrected chi connectivity index (χ4v) is 2.33. The SMILES string of the molecule is CC.O=C1CCC(N2C(=O)c3ccccc3C2=O)C(=O)O1. The second-order valence-electron chi connectivity index (χ2n) is 4.37. The average molecular weight is 289 g/mol. The average Bonchev–Trinajstić information content (AvgIpc) is 2.75. The molecular weight excluding hydrogens is 274 g/mol. The van der Waals surface area contributed by atoms with Gasteiger partial charge in [-0.3, -0.25) is 19.3 Å². The van der Waals surface area contributed by atoms with Gasteiger partial charge in [0.1, 0.15) is 6.04 Å². The second kappa shape index (κ2) is 5.87. The van der Waals surface area contributed by atoms with Gasteiger partial charge in [-0.25, -0.2) is 4.79 Å². The van der Waals surface area contributed by atoms with Crippen LogP contribution in [0.15, 0.2) is 24.3 Å². The number of rotatable bonds is 1. The Kier molecular flexibility index (Phi) is 4.16. The molecule has 21 heavy (non-hydrogen) atoms. The van der Waals surface area contributed by atoms with Crippen LogP contribution < -0.4 is 0 Å². The van der Waals surface area contributed by atoms with Crippen LogP contribution >= 0.6 is 0 Å². The van der Waals surface area contributed by atoms with Crippen molar-refractivity contribution in [1.29, 1.82) is 0 Å². The van der Waals surface area contributed by atoms with Gasteiger partial charge >= 0.3 is 11.9 Å². The number of nitrogens with zero attached hydrogens (tertiary/aromatic N) is 1. The van der Waals surface area contributed by atoms with Crippen LogP contribution in [0.4, 0.5) is 0 Å². The molecular formula is C15H15NO5. The number of benzene rings is 1. The van der Waals surface area contributed by atoms with Crippen molar-refractivity contribution in [3.8, 4) is 0 Å². The first kappa shape index (κ1) is 14.9. The highest BCUT2D eigenvalue weighted by molar-refractivity contribution is 6.23. The van der Waals surface area contributed by atoms with Crippen LogP contribution in [-0.4, -0.2) is 34.7 Å². The van der Waals surface area contributed by atoms with Crippen LogP contribution in [0, 0.1) is 0 Å². The lowest BCUT2D eigenvalue weighted by Gasteiger charge is -2.26. The molecule has 1 fully saturated rings. The first-order valence-electron chi connectivity index (χ1n) is 6.81. The van der Waals surface area contributed by atoms with Crippen molar-refractivity contribution in [2.45, 2.75) is 32.7 Å². The lowest BCUT2D eigenvalue weighted by atomic mass is 10.1. The molecule has 0 aromatic heterocycles. The molecule has 6 nitrogen and oxygen atoms in total. The van der Waals surface area contributed by atoms with Gasteiger partial charge in [-0.2, -0.15) is 0 Å². The first-order valence-corrected chi connectivity index (χ1v) is 6.81. The zero-order chi connectivity index (χ0) is 15.6. The van der Waals surface area contributed by atoms with E-state index in [1.807, 2.05) is 13.8 Å². The van der Waals surface area contributed by atoms with Crippen molar-refractivity contribution in [1.82, 2.24) is 4.90 Å². The minimum atomic E-state index is -1.01. The number of cyclic esters (lactones) is 2. The molecule has 2 aliphatic rings. The quantitative estimate of drug-likeness (QED) is 0.445. The van der Waals surface area contributed by atoms with Crippen LogP contribution in [0.2, 0.25) is 0 Å². The van der Waals surface area contributed by atoms with Crippen molar-refractivity contribution < 1.29 is 23.9 Å². The lowest BCUT2D eigenvalue weighted by molar-refractivity contribution is -0.167. The molecule has 0 aliphatic carbocycles. The molecule has 1 aromatic rings. The summed E-state index contributed by atoms with van der Waals surface area (Å²) in [4.78, 5) is 47.8. The van der Waals surface area contributed by atoms with Crippen LogP contribution in [-0.2, 0) is 14.3 Å². The van der Waals surface area contributed by atoms with E-state index in [-0.39, 0.29) is 24.0 Å². The number of imide groups is 1. The van der Waals surface area contributed by atoms with E-state index >= 15 is 0 Å². The summed E-state index contributed by atoms with van der Waals surface area (Å²) in [6.07, 6.45) is 0.132. The van der Waals surface area contributed by atoms with E-state index in [0.29, 0.717) is 0 Å². The molecule has 2 heterocycles. The smallest absolute Gasteiger partial charge is 0.337 e. The summed E-state index contributed by atoms with van der Waals surface area (Å²) in [6, 6.07) is 5.36. The van der Waals surface area contributed by atoms with Gasteiger partial charge in [0.25, 0.3) is 11.8 Å². The van der Waals surface area contributed by atoms with Crippen molar-refractivity contribution >= 4 is 23.8 Å². The van der Waals surface area contributed by atoms with Crippen molar-refractivity contribution in [3.63, 3.8) is 0 Å². The fraction of sp³-hybridized carbons (Fsp3) is 0.333. The molecule has 1 unspecified atom stereocenters. The Morgan fingerprint density at radius 3 is 2.00 bits per heavy atom. The van der Waals surface area contributed by atoms with Gasteiger partial charge in [0.05, 0.1) is 11.1 Å². The highest BCUT2D eigenvalue weighted by Gasteiger charge is 2.45. The third-order valence-corrected chi connectivity index (χ3v) is 3.25. The number of esters is 2. The number of ether oxygens (including phenoxy) is 1. The Balaban J connectivity index is 0.000000774. The van der Waals surface area contributed by atoms with E-state index in [9.17, 15) is 19.2 Å². The van der Waals surface area contributed by atoms with Gasteiger partial charge in [-0.15, -0.1) is 0 Å². The molecule has 110 valence electrons. The van der Waals surface area contributed by atoms with Gasteiger partial charge < -0.3 is 4.74 Å². The molecule has 1 aromatic carbocycles. The number of fused-ring (bicyclic) bond motifs is 1. The van der Waals surface area contributed by atoms with Gasteiger partial charge in [0.15, 0.2) is 0 Å². The monoisotopic (exact) mass is 289 g/mol. The number of carbonyl (C=O) groups is 4. The maximum absolute atomic E-state index is 12.1. The maximum Gasteiger partial charge on any atom is 0.337 e. The van der Waals surface area contributed by atoms with E-state index in [2.05, 4.69) is 4.74 Å². The topological polar surface area (TPSA) is 80.8 Å². The molecule has 1 atom stereocenters. The summed E-state index contributed by atoms with van der Waals surface area (Å²) >= 11 is 0. The standard InChI is InChI=1S/C13H9NO5.C2H6/c15-10-6-5-9(13(18)19-10)14-11(16)7-3-1-2-4-8(7)12(14)17;1-2/h1-4,9H,5-6H2;1-2H3. The molecule has 0 radical (unpaired) electrons. The summed E-state index contributed by atoms with van der Waals surface area (Å²) in [5.74, 6) is -2.50. The summed E-state index contributed by atoms with van der Waals surface area (Å²) in [5.41, 5.74) is 0.550.